The van der Waals surface area contributed by atoms with Crippen molar-refractivity contribution in [2.24, 2.45) is 7.05 Å². The van der Waals surface area contributed by atoms with E-state index in [1.165, 1.54) is 11.8 Å². The summed E-state index contributed by atoms with van der Waals surface area (Å²) in [4.78, 5) is 17.7. The normalized spacial score (nSPS) is 12.2. The van der Waals surface area contributed by atoms with Gasteiger partial charge in [0.1, 0.15) is 0 Å². The van der Waals surface area contributed by atoms with Gasteiger partial charge in [-0.3, -0.25) is 4.79 Å². The van der Waals surface area contributed by atoms with Crippen LogP contribution >= 0.6 is 11.8 Å². The van der Waals surface area contributed by atoms with Crippen LogP contribution in [0.25, 0.3) is 11.0 Å². The molecule has 0 saturated heterocycles. The van der Waals surface area contributed by atoms with Crippen molar-refractivity contribution in [3.05, 3.63) is 96.1 Å². The maximum Gasteiger partial charge on any atom is 0.234 e. The summed E-state index contributed by atoms with van der Waals surface area (Å²) in [5.74, 6) is -0.0141. The molecular weight excluding hydrogens is 378 g/mol. The Morgan fingerprint density at radius 1 is 0.897 bits per heavy atom. The molecule has 0 radical (unpaired) electrons. The van der Waals surface area contributed by atoms with Gasteiger partial charge in [-0.25, -0.2) is 4.98 Å². The molecule has 146 valence electrons. The Bertz CT molecular complexity index is 1070. The van der Waals surface area contributed by atoms with Crippen molar-refractivity contribution in [1.29, 1.82) is 0 Å². The fourth-order valence-electron chi connectivity index (χ4n) is 3.35. The zero-order valence-electron chi connectivity index (χ0n) is 16.4. The van der Waals surface area contributed by atoms with Crippen molar-refractivity contribution < 1.29 is 4.79 Å². The molecule has 1 amide bonds. The van der Waals surface area contributed by atoms with E-state index in [1.54, 1.807) is 0 Å². The second-order valence-corrected chi connectivity index (χ2v) is 8.27. The number of para-hydroxylation sites is 2. The first-order chi connectivity index (χ1) is 14.1. The molecule has 1 aromatic heterocycles. The third-order valence-corrected chi connectivity index (χ3v) is 6.09. The van der Waals surface area contributed by atoms with Gasteiger partial charge in [0.2, 0.25) is 5.91 Å². The number of carbonyl (C=O) groups is 1. The van der Waals surface area contributed by atoms with Crippen LogP contribution in [0.2, 0.25) is 0 Å². The molecule has 3 aromatic carbocycles. The highest BCUT2D eigenvalue weighted by molar-refractivity contribution is 8.00. The molecule has 1 N–H and O–H groups in total. The minimum atomic E-state index is -0.277. The Morgan fingerprint density at radius 3 is 2.03 bits per heavy atom. The summed E-state index contributed by atoms with van der Waals surface area (Å²) in [5, 5.41) is 3.79. The number of aromatic nitrogens is 2. The summed E-state index contributed by atoms with van der Waals surface area (Å²) in [6.45, 7) is 1.92. The molecule has 5 heteroatoms. The molecular formula is C24H23N3OS. The number of rotatable bonds is 6. The Hall–Kier alpha value is -3.05. The summed E-state index contributed by atoms with van der Waals surface area (Å²) in [6, 6.07) is 27.9. The lowest BCUT2D eigenvalue weighted by atomic mass is 9.98. The molecule has 0 fully saturated rings. The highest BCUT2D eigenvalue weighted by Crippen LogP contribution is 2.28. The topological polar surface area (TPSA) is 46.9 Å². The first-order valence-corrected chi connectivity index (χ1v) is 10.5. The molecule has 0 unspecified atom stereocenters. The number of nitrogens with zero attached hydrogens (tertiary/aromatic N) is 2. The van der Waals surface area contributed by atoms with E-state index in [2.05, 4.69) is 10.3 Å². The highest BCUT2D eigenvalue weighted by atomic mass is 32.2. The van der Waals surface area contributed by atoms with E-state index in [1.807, 2.05) is 103 Å². The van der Waals surface area contributed by atoms with E-state index in [9.17, 15) is 4.79 Å². The molecule has 0 aliphatic carbocycles. The van der Waals surface area contributed by atoms with Gasteiger partial charge in [-0.05, 0) is 30.2 Å². The number of hydrogen-bond donors (Lipinski definition) is 1. The van der Waals surface area contributed by atoms with Gasteiger partial charge < -0.3 is 9.88 Å². The summed E-state index contributed by atoms with van der Waals surface area (Å²) >= 11 is 1.48. The van der Waals surface area contributed by atoms with Gasteiger partial charge in [0.05, 0.1) is 22.3 Å². The SMILES string of the molecule is C[C@@H](Sc1nc2ccccc2n1C)C(=O)NC(c1ccccc1)c1ccccc1. The molecule has 4 nitrogen and oxygen atoms in total. The van der Waals surface area contributed by atoms with Gasteiger partial charge in [0.15, 0.2) is 5.16 Å². The molecule has 4 rings (SSSR count). The lowest BCUT2D eigenvalue weighted by molar-refractivity contribution is -0.120. The van der Waals surface area contributed by atoms with Gasteiger partial charge in [0, 0.05) is 7.05 Å². The number of nitrogens with one attached hydrogen (secondary N) is 1. The van der Waals surface area contributed by atoms with Crippen LogP contribution in [0.3, 0.4) is 0 Å². The van der Waals surface area contributed by atoms with Crippen LogP contribution in [-0.4, -0.2) is 20.7 Å². The van der Waals surface area contributed by atoms with Crippen LogP contribution in [0.15, 0.2) is 90.1 Å². The van der Waals surface area contributed by atoms with Crippen molar-refractivity contribution in [3.63, 3.8) is 0 Å². The standard InChI is InChI=1S/C24H23N3OS/c1-17(29-24-25-20-15-9-10-16-21(20)27(24)2)23(28)26-22(18-11-5-3-6-12-18)19-13-7-4-8-14-19/h3-17,22H,1-2H3,(H,26,28)/t17-/m1/s1. The predicted molar refractivity (Wildman–Crippen MR) is 119 cm³/mol. The zero-order valence-corrected chi connectivity index (χ0v) is 17.3. The average molecular weight is 402 g/mol. The van der Waals surface area contributed by atoms with Gasteiger partial charge >= 0.3 is 0 Å². The molecule has 29 heavy (non-hydrogen) atoms. The number of aryl methyl sites for hydroxylation is 1. The van der Waals surface area contributed by atoms with Gasteiger partial charge in [-0.1, -0.05) is 84.6 Å². The van der Waals surface area contributed by atoms with Crippen molar-refractivity contribution >= 4 is 28.7 Å². The van der Waals surface area contributed by atoms with E-state index in [0.717, 1.165) is 27.3 Å². The van der Waals surface area contributed by atoms with Crippen LogP contribution in [-0.2, 0) is 11.8 Å². The third-order valence-electron chi connectivity index (χ3n) is 4.95. The smallest absolute Gasteiger partial charge is 0.234 e. The van der Waals surface area contributed by atoms with Crippen LogP contribution < -0.4 is 5.32 Å². The fourth-order valence-corrected chi connectivity index (χ4v) is 4.25. The number of amides is 1. The summed E-state index contributed by atoms with van der Waals surface area (Å²) in [7, 11) is 1.99. The van der Waals surface area contributed by atoms with Crippen molar-refractivity contribution in [2.45, 2.75) is 23.4 Å². The van der Waals surface area contributed by atoms with Gasteiger partial charge in [0.25, 0.3) is 0 Å². The second-order valence-electron chi connectivity index (χ2n) is 6.97. The number of carbonyl (C=O) groups excluding carboxylic acids is 1. The van der Waals surface area contributed by atoms with Crippen molar-refractivity contribution in [3.8, 4) is 0 Å². The number of imidazole rings is 1. The van der Waals surface area contributed by atoms with Crippen LogP contribution in [0, 0.1) is 0 Å². The summed E-state index contributed by atoms with van der Waals surface area (Å²) in [6.07, 6.45) is 0. The van der Waals surface area contributed by atoms with E-state index in [4.69, 9.17) is 0 Å². The third kappa shape index (κ3) is 4.20. The Labute approximate surface area is 175 Å². The summed E-state index contributed by atoms with van der Waals surface area (Å²) < 4.78 is 2.04. The number of thioether (sulfide) groups is 1. The van der Waals surface area contributed by atoms with Gasteiger partial charge in [-0.2, -0.15) is 0 Å². The molecule has 0 saturated carbocycles. The fraction of sp³-hybridized carbons (Fsp3) is 0.167. The Balaban J connectivity index is 1.54. The molecule has 4 aromatic rings. The van der Waals surface area contributed by atoms with Crippen molar-refractivity contribution in [1.82, 2.24) is 14.9 Å². The minimum Gasteiger partial charge on any atom is -0.344 e. The van der Waals surface area contributed by atoms with Crippen molar-refractivity contribution in [2.75, 3.05) is 0 Å². The monoisotopic (exact) mass is 401 g/mol. The maximum atomic E-state index is 13.1. The zero-order chi connectivity index (χ0) is 20.2. The lowest BCUT2D eigenvalue weighted by Crippen LogP contribution is -2.35. The highest BCUT2D eigenvalue weighted by Gasteiger charge is 2.23. The average Bonchev–Trinajstić information content (AvgIpc) is 3.08. The number of benzene rings is 3. The predicted octanol–water partition coefficient (Wildman–Crippen LogP) is 4.96. The first-order valence-electron chi connectivity index (χ1n) is 9.62. The molecule has 0 aliphatic rings. The van der Waals surface area contributed by atoms with Crippen LogP contribution in [0.4, 0.5) is 0 Å². The molecule has 0 bridgehead atoms. The Kier molecular flexibility index (Phi) is 5.67. The maximum absolute atomic E-state index is 13.1. The van der Waals surface area contributed by atoms with E-state index >= 15 is 0 Å². The van der Waals surface area contributed by atoms with E-state index < -0.39 is 0 Å². The largest absolute Gasteiger partial charge is 0.344 e. The van der Waals surface area contributed by atoms with Crippen LogP contribution in [0.5, 0.6) is 0 Å². The second kappa shape index (κ2) is 8.53. The molecule has 0 aliphatic heterocycles. The number of fused-ring (bicyclic) bond motifs is 1. The Morgan fingerprint density at radius 2 is 1.45 bits per heavy atom. The minimum absolute atomic E-state index is 0.0141. The molecule has 0 spiro atoms. The number of hydrogen-bond acceptors (Lipinski definition) is 3. The summed E-state index contributed by atoms with van der Waals surface area (Å²) in [5.41, 5.74) is 4.13. The molecule has 1 atom stereocenters. The molecule has 1 heterocycles. The lowest BCUT2D eigenvalue weighted by Gasteiger charge is -2.22. The quantitative estimate of drug-likeness (QED) is 0.465. The van der Waals surface area contributed by atoms with Crippen LogP contribution in [0.1, 0.15) is 24.1 Å². The van der Waals surface area contributed by atoms with Gasteiger partial charge in [-0.15, -0.1) is 0 Å². The van der Waals surface area contributed by atoms with E-state index in [0.29, 0.717) is 0 Å². The van der Waals surface area contributed by atoms with E-state index in [-0.39, 0.29) is 17.2 Å². The first kappa shape index (κ1) is 19.3.